The van der Waals surface area contributed by atoms with Crippen molar-refractivity contribution in [2.24, 2.45) is 0 Å². The van der Waals surface area contributed by atoms with Crippen LogP contribution in [0.2, 0.25) is 0 Å². The van der Waals surface area contributed by atoms with Gasteiger partial charge in [0.05, 0.1) is 12.3 Å². The Morgan fingerprint density at radius 3 is 2.35 bits per heavy atom. The number of hydrogen-bond donors (Lipinski definition) is 0. The summed E-state index contributed by atoms with van der Waals surface area (Å²) in [6.45, 7) is 9.15. The fourth-order valence-electron chi connectivity index (χ4n) is 3.77. The van der Waals surface area contributed by atoms with E-state index in [1.54, 1.807) is 0 Å². The van der Waals surface area contributed by atoms with E-state index in [1.165, 1.54) is 0 Å². The molecule has 0 saturated carbocycles. The van der Waals surface area contributed by atoms with Gasteiger partial charge in [-0.1, -0.05) is 30.3 Å². The van der Waals surface area contributed by atoms with E-state index in [4.69, 9.17) is 4.74 Å². The van der Waals surface area contributed by atoms with E-state index in [2.05, 4.69) is 20.0 Å². The largest absolute Gasteiger partial charge is 0.367 e. The highest BCUT2D eigenvalue weighted by atomic mass is 16.5. The van der Waals surface area contributed by atoms with Gasteiger partial charge in [-0.2, -0.15) is 5.10 Å². The Labute approximate surface area is 182 Å². The minimum atomic E-state index is 0.0257. The van der Waals surface area contributed by atoms with Gasteiger partial charge in [-0.15, -0.1) is 0 Å². The Morgan fingerprint density at radius 1 is 0.968 bits per heavy atom. The van der Waals surface area contributed by atoms with Crippen LogP contribution in [0.25, 0.3) is 5.82 Å². The molecular weight excluding hydrogens is 392 g/mol. The summed E-state index contributed by atoms with van der Waals surface area (Å²) >= 11 is 0. The number of aryl methyl sites for hydroxylation is 3. The van der Waals surface area contributed by atoms with Gasteiger partial charge < -0.3 is 14.5 Å². The number of aromatic nitrogens is 4. The van der Waals surface area contributed by atoms with Crippen LogP contribution in [0, 0.1) is 20.8 Å². The molecule has 0 unspecified atom stereocenters. The molecule has 0 radical (unpaired) electrons. The Morgan fingerprint density at radius 2 is 1.68 bits per heavy atom. The number of piperazine rings is 1. The maximum absolute atomic E-state index is 12.5. The molecule has 3 heterocycles. The summed E-state index contributed by atoms with van der Waals surface area (Å²) in [6, 6.07) is 13.9. The van der Waals surface area contributed by atoms with E-state index in [0.29, 0.717) is 25.5 Å². The highest BCUT2D eigenvalue weighted by Crippen LogP contribution is 2.19. The van der Waals surface area contributed by atoms with Gasteiger partial charge in [-0.05, 0) is 32.4 Å². The Kier molecular flexibility index (Phi) is 6.27. The summed E-state index contributed by atoms with van der Waals surface area (Å²) in [4.78, 5) is 25.7. The molecule has 3 aromatic rings. The van der Waals surface area contributed by atoms with Gasteiger partial charge in [0.15, 0.2) is 5.82 Å². The third-order valence-corrected chi connectivity index (χ3v) is 5.33. The minimum absolute atomic E-state index is 0.0257. The third-order valence-electron chi connectivity index (χ3n) is 5.33. The van der Waals surface area contributed by atoms with Gasteiger partial charge in [-0.25, -0.2) is 14.6 Å². The first-order valence-corrected chi connectivity index (χ1v) is 10.5. The van der Waals surface area contributed by atoms with E-state index in [0.717, 1.165) is 41.7 Å². The molecule has 0 aliphatic carbocycles. The van der Waals surface area contributed by atoms with Crippen LogP contribution < -0.4 is 4.90 Å². The van der Waals surface area contributed by atoms with Crippen LogP contribution >= 0.6 is 0 Å². The van der Waals surface area contributed by atoms with E-state index in [1.807, 2.05) is 72.8 Å². The van der Waals surface area contributed by atoms with Gasteiger partial charge >= 0.3 is 0 Å². The van der Waals surface area contributed by atoms with Crippen LogP contribution in [-0.4, -0.2) is 63.3 Å². The molecule has 162 valence electrons. The normalized spacial score (nSPS) is 14.2. The van der Waals surface area contributed by atoms with Crippen molar-refractivity contribution in [1.29, 1.82) is 0 Å². The van der Waals surface area contributed by atoms with E-state index >= 15 is 0 Å². The van der Waals surface area contributed by atoms with Crippen molar-refractivity contribution in [3.05, 3.63) is 65.2 Å². The average molecular weight is 421 g/mol. The summed E-state index contributed by atoms with van der Waals surface area (Å²) < 4.78 is 7.45. The first-order chi connectivity index (χ1) is 15.0. The molecule has 8 heteroatoms. The lowest BCUT2D eigenvalue weighted by atomic mass is 10.2. The zero-order valence-corrected chi connectivity index (χ0v) is 18.3. The maximum atomic E-state index is 12.5. The molecule has 8 nitrogen and oxygen atoms in total. The molecule has 4 rings (SSSR count). The fraction of sp³-hybridized carbons (Fsp3) is 0.391. The molecule has 1 aliphatic rings. The SMILES string of the molecule is Cc1cc(C)n(-c2cc(N3CCN(C(=O)COCc4ccccc4)CC3)nc(C)n2)n1. The van der Waals surface area contributed by atoms with Crippen molar-refractivity contribution in [1.82, 2.24) is 24.6 Å². The molecule has 0 spiro atoms. The minimum Gasteiger partial charge on any atom is -0.367 e. The van der Waals surface area contributed by atoms with E-state index < -0.39 is 0 Å². The zero-order chi connectivity index (χ0) is 21.8. The molecule has 31 heavy (non-hydrogen) atoms. The van der Waals surface area contributed by atoms with Crippen molar-refractivity contribution in [3.8, 4) is 5.82 Å². The Balaban J connectivity index is 1.34. The Bertz CT molecular complexity index is 1040. The molecular formula is C23H28N6O2. The lowest BCUT2D eigenvalue weighted by Gasteiger charge is -2.35. The van der Waals surface area contributed by atoms with Gasteiger partial charge in [0.2, 0.25) is 5.91 Å². The molecule has 0 bridgehead atoms. The molecule has 1 fully saturated rings. The van der Waals surface area contributed by atoms with Crippen LogP contribution in [0.3, 0.4) is 0 Å². The number of hydrogen-bond acceptors (Lipinski definition) is 6. The molecule has 0 atom stereocenters. The van der Waals surface area contributed by atoms with Crippen LogP contribution in [0.4, 0.5) is 5.82 Å². The average Bonchev–Trinajstić information content (AvgIpc) is 3.12. The second kappa shape index (κ2) is 9.26. The molecule has 2 aromatic heterocycles. The number of benzene rings is 1. The summed E-state index contributed by atoms with van der Waals surface area (Å²) in [5.41, 5.74) is 3.06. The highest BCUT2D eigenvalue weighted by Gasteiger charge is 2.23. The van der Waals surface area contributed by atoms with Crippen molar-refractivity contribution < 1.29 is 9.53 Å². The first-order valence-electron chi connectivity index (χ1n) is 10.5. The zero-order valence-electron chi connectivity index (χ0n) is 18.3. The summed E-state index contributed by atoms with van der Waals surface area (Å²) in [5, 5.41) is 4.53. The van der Waals surface area contributed by atoms with Crippen molar-refractivity contribution >= 4 is 11.7 Å². The van der Waals surface area contributed by atoms with Gasteiger partial charge in [0.25, 0.3) is 0 Å². The maximum Gasteiger partial charge on any atom is 0.248 e. The second-order valence-electron chi connectivity index (χ2n) is 7.82. The molecule has 0 N–H and O–H groups in total. The number of anilines is 1. The van der Waals surface area contributed by atoms with Gasteiger partial charge in [0.1, 0.15) is 18.2 Å². The third kappa shape index (κ3) is 5.08. The molecule has 1 saturated heterocycles. The summed E-state index contributed by atoms with van der Waals surface area (Å²) in [6.07, 6.45) is 0. The Hall–Kier alpha value is -3.26. The predicted molar refractivity (Wildman–Crippen MR) is 118 cm³/mol. The summed E-state index contributed by atoms with van der Waals surface area (Å²) in [7, 11) is 0. The van der Waals surface area contributed by atoms with Gasteiger partial charge in [0, 0.05) is 37.9 Å². The molecule has 1 amide bonds. The van der Waals surface area contributed by atoms with E-state index in [9.17, 15) is 4.79 Å². The summed E-state index contributed by atoms with van der Waals surface area (Å²) in [5.74, 6) is 2.36. The molecule has 1 aliphatic heterocycles. The van der Waals surface area contributed by atoms with Crippen molar-refractivity contribution in [2.45, 2.75) is 27.4 Å². The monoisotopic (exact) mass is 420 g/mol. The van der Waals surface area contributed by atoms with Gasteiger partial charge in [-0.3, -0.25) is 4.79 Å². The van der Waals surface area contributed by atoms with Crippen LogP contribution in [0.5, 0.6) is 0 Å². The van der Waals surface area contributed by atoms with Crippen LogP contribution in [0.15, 0.2) is 42.5 Å². The number of ether oxygens (including phenoxy) is 1. The highest BCUT2D eigenvalue weighted by molar-refractivity contribution is 5.77. The number of rotatable bonds is 6. The predicted octanol–water partition coefficient (Wildman–Crippen LogP) is 2.45. The standard InChI is InChI=1S/C23H28N6O2/c1-17-13-18(2)29(26-17)22-14-21(24-19(3)25-22)27-9-11-28(12-10-27)23(30)16-31-15-20-7-5-4-6-8-20/h4-8,13-14H,9-12,15-16H2,1-3H3. The smallest absolute Gasteiger partial charge is 0.248 e. The quantitative estimate of drug-likeness (QED) is 0.610. The van der Waals surface area contributed by atoms with Crippen molar-refractivity contribution in [3.63, 3.8) is 0 Å². The van der Waals surface area contributed by atoms with E-state index in [-0.39, 0.29) is 12.5 Å². The van der Waals surface area contributed by atoms with Crippen molar-refractivity contribution in [2.75, 3.05) is 37.7 Å². The topological polar surface area (TPSA) is 76.4 Å². The first kappa shape index (κ1) is 21.0. The number of amides is 1. The number of nitrogens with zero attached hydrogens (tertiary/aromatic N) is 6. The van der Waals surface area contributed by atoms with Crippen LogP contribution in [-0.2, 0) is 16.1 Å². The molecule has 1 aromatic carbocycles. The number of carbonyl (C=O) groups is 1. The second-order valence-corrected chi connectivity index (χ2v) is 7.82. The lowest BCUT2D eigenvalue weighted by molar-refractivity contribution is -0.136. The van der Waals surface area contributed by atoms with Crippen LogP contribution in [0.1, 0.15) is 22.8 Å². The number of carbonyl (C=O) groups excluding carboxylic acids is 1. The lowest BCUT2D eigenvalue weighted by Crippen LogP contribution is -2.50. The fourth-order valence-corrected chi connectivity index (χ4v) is 3.77.